The van der Waals surface area contributed by atoms with Crippen molar-refractivity contribution >= 4 is 35.5 Å². The smallest absolute Gasteiger partial charge is 0.326 e. The Bertz CT molecular complexity index is 446. The van der Waals surface area contributed by atoms with Crippen molar-refractivity contribution in [3.05, 3.63) is 0 Å². The number of carboxylic acid groups (broad SMARTS) is 1. The quantitative estimate of drug-likeness (QED) is 0.300. The highest BCUT2D eigenvalue weighted by molar-refractivity contribution is 7.98. The van der Waals surface area contributed by atoms with Crippen LogP contribution in [0.25, 0.3) is 0 Å². The number of aliphatic carboxylic acids is 1. The van der Waals surface area contributed by atoms with E-state index in [9.17, 15) is 19.2 Å². The SMILES string of the molecule is CSCCC(NC(=O)C(C)NC(=O)C(N)CCC(N)=O)C(=O)O. The topological polar surface area (TPSA) is 165 Å². The number of amides is 3. The Hall–Kier alpha value is -1.81. The second kappa shape index (κ2) is 10.8. The zero-order valence-corrected chi connectivity index (χ0v) is 14.0. The van der Waals surface area contributed by atoms with Crippen molar-refractivity contribution in [3.63, 3.8) is 0 Å². The van der Waals surface area contributed by atoms with Gasteiger partial charge >= 0.3 is 5.97 Å². The molecule has 0 fully saturated rings. The van der Waals surface area contributed by atoms with E-state index in [1.54, 1.807) is 0 Å². The molecule has 0 saturated heterocycles. The molecular formula is C13H24N4O5S. The Morgan fingerprint density at radius 3 is 2.22 bits per heavy atom. The van der Waals surface area contributed by atoms with Crippen LogP contribution in [0.3, 0.4) is 0 Å². The van der Waals surface area contributed by atoms with Gasteiger partial charge in [0.05, 0.1) is 6.04 Å². The number of hydrogen-bond donors (Lipinski definition) is 5. The zero-order valence-electron chi connectivity index (χ0n) is 13.2. The molecule has 0 aliphatic heterocycles. The lowest BCUT2D eigenvalue weighted by Gasteiger charge is -2.20. The monoisotopic (exact) mass is 348 g/mol. The van der Waals surface area contributed by atoms with Gasteiger partial charge in [0.1, 0.15) is 12.1 Å². The van der Waals surface area contributed by atoms with E-state index < -0.39 is 41.8 Å². The molecule has 0 radical (unpaired) electrons. The highest BCUT2D eigenvalue weighted by atomic mass is 32.2. The summed E-state index contributed by atoms with van der Waals surface area (Å²) in [5.74, 6) is -2.35. The lowest BCUT2D eigenvalue weighted by molar-refractivity contribution is -0.142. The second-order valence-electron chi connectivity index (χ2n) is 5.02. The van der Waals surface area contributed by atoms with Gasteiger partial charge in [-0.05, 0) is 31.8 Å². The van der Waals surface area contributed by atoms with Crippen molar-refractivity contribution in [3.8, 4) is 0 Å². The van der Waals surface area contributed by atoms with Gasteiger partial charge in [0.15, 0.2) is 0 Å². The molecular weight excluding hydrogens is 324 g/mol. The minimum absolute atomic E-state index is 0.0368. The number of nitrogens with two attached hydrogens (primary N) is 2. The van der Waals surface area contributed by atoms with Crippen LogP contribution in [-0.4, -0.2) is 58.9 Å². The van der Waals surface area contributed by atoms with Crippen LogP contribution in [0.1, 0.15) is 26.2 Å². The van der Waals surface area contributed by atoms with Crippen molar-refractivity contribution in [2.75, 3.05) is 12.0 Å². The molecule has 0 aromatic rings. The van der Waals surface area contributed by atoms with Crippen LogP contribution in [-0.2, 0) is 19.2 Å². The third-order valence-corrected chi connectivity index (χ3v) is 3.66. The Labute approximate surface area is 138 Å². The third-order valence-electron chi connectivity index (χ3n) is 3.02. The fourth-order valence-electron chi connectivity index (χ4n) is 1.60. The summed E-state index contributed by atoms with van der Waals surface area (Å²) in [6.07, 6.45) is 2.14. The fourth-order valence-corrected chi connectivity index (χ4v) is 2.08. The highest BCUT2D eigenvalue weighted by Crippen LogP contribution is 2.02. The van der Waals surface area contributed by atoms with Gasteiger partial charge in [-0.15, -0.1) is 0 Å². The molecule has 132 valence electrons. The number of primary amides is 1. The number of carbonyl (C=O) groups excluding carboxylic acids is 3. The number of nitrogens with one attached hydrogen (secondary N) is 2. The molecule has 3 atom stereocenters. The van der Waals surface area contributed by atoms with E-state index in [0.29, 0.717) is 5.75 Å². The van der Waals surface area contributed by atoms with Gasteiger partial charge in [0, 0.05) is 6.42 Å². The van der Waals surface area contributed by atoms with Gasteiger partial charge in [0.2, 0.25) is 17.7 Å². The normalized spacial score (nSPS) is 14.4. The molecule has 23 heavy (non-hydrogen) atoms. The first kappa shape index (κ1) is 21.2. The predicted molar refractivity (Wildman–Crippen MR) is 86.6 cm³/mol. The van der Waals surface area contributed by atoms with Crippen molar-refractivity contribution in [2.45, 2.75) is 44.3 Å². The molecule has 0 saturated carbocycles. The van der Waals surface area contributed by atoms with Crippen molar-refractivity contribution < 1.29 is 24.3 Å². The Morgan fingerprint density at radius 1 is 1.13 bits per heavy atom. The van der Waals surface area contributed by atoms with Gasteiger partial charge < -0.3 is 27.2 Å². The maximum absolute atomic E-state index is 11.9. The molecule has 0 bridgehead atoms. The highest BCUT2D eigenvalue weighted by Gasteiger charge is 2.25. The average molecular weight is 348 g/mol. The lowest BCUT2D eigenvalue weighted by Crippen LogP contribution is -2.53. The first-order chi connectivity index (χ1) is 10.7. The minimum Gasteiger partial charge on any atom is -0.480 e. The van der Waals surface area contributed by atoms with Crippen LogP contribution in [0.2, 0.25) is 0 Å². The van der Waals surface area contributed by atoms with E-state index in [0.717, 1.165) is 0 Å². The maximum Gasteiger partial charge on any atom is 0.326 e. The second-order valence-corrected chi connectivity index (χ2v) is 6.01. The number of hydrogen-bond acceptors (Lipinski definition) is 6. The number of thioether (sulfide) groups is 1. The van der Waals surface area contributed by atoms with Crippen LogP contribution in [0, 0.1) is 0 Å². The largest absolute Gasteiger partial charge is 0.480 e. The van der Waals surface area contributed by atoms with Gasteiger partial charge in [0.25, 0.3) is 0 Å². The summed E-state index contributed by atoms with van der Waals surface area (Å²) in [5.41, 5.74) is 10.5. The van der Waals surface area contributed by atoms with Crippen LogP contribution in [0.4, 0.5) is 0 Å². The molecule has 0 heterocycles. The molecule has 0 rings (SSSR count). The Morgan fingerprint density at radius 2 is 1.74 bits per heavy atom. The van der Waals surface area contributed by atoms with E-state index in [-0.39, 0.29) is 19.3 Å². The van der Waals surface area contributed by atoms with Gasteiger partial charge in [-0.1, -0.05) is 0 Å². The van der Waals surface area contributed by atoms with Gasteiger partial charge in [-0.2, -0.15) is 11.8 Å². The summed E-state index contributed by atoms with van der Waals surface area (Å²) in [7, 11) is 0. The van der Waals surface area contributed by atoms with E-state index in [1.165, 1.54) is 18.7 Å². The summed E-state index contributed by atoms with van der Waals surface area (Å²) >= 11 is 1.47. The summed E-state index contributed by atoms with van der Waals surface area (Å²) in [6, 6.07) is -2.93. The molecule has 0 aliphatic rings. The fraction of sp³-hybridized carbons (Fsp3) is 0.692. The van der Waals surface area contributed by atoms with Crippen LogP contribution in [0.5, 0.6) is 0 Å². The molecule has 0 aromatic carbocycles. The van der Waals surface area contributed by atoms with Crippen LogP contribution >= 0.6 is 11.8 Å². The van der Waals surface area contributed by atoms with E-state index in [2.05, 4.69) is 10.6 Å². The first-order valence-electron chi connectivity index (χ1n) is 7.05. The molecule has 9 nitrogen and oxygen atoms in total. The summed E-state index contributed by atoms with van der Waals surface area (Å²) in [4.78, 5) is 45.4. The van der Waals surface area contributed by atoms with E-state index in [4.69, 9.17) is 16.6 Å². The zero-order chi connectivity index (χ0) is 18.0. The maximum atomic E-state index is 11.9. The number of carbonyl (C=O) groups is 4. The van der Waals surface area contributed by atoms with E-state index >= 15 is 0 Å². The van der Waals surface area contributed by atoms with Gasteiger partial charge in [-0.25, -0.2) is 4.79 Å². The molecule has 0 aliphatic carbocycles. The van der Waals surface area contributed by atoms with Crippen molar-refractivity contribution in [2.24, 2.45) is 11.5 Å². The predicted octanol–water partition coefficient (Wildman–Crippen LogP) is -1.59. The molecule has 0 aromatic heterocycles. The standard InChI is InChI=1S/C13H24N4O5S/c1-7(16-12(20)8(14)3-4-10(15)18)11(19)17-9(13(21)22)5-6-23-2/h7-9H,3-6,14H2,1-2H3,(H2,15,18)(H,16,20)(H,17,19)(H,21,22). The first-order valence-corrected chi connectivity index (χ1v) is 8.44. The molecule has 10 heteroatoms. The summed E-state index contributed by atoms with van der Waals surface area (Å²) in [5, 5.41) is 13.8. The van der Waals surface area contributed by atoms with Crippen molar-refractivity contribution in [1.82, 2.24) is 10.6 Å². The molecule has 7 N–H and O–H groups in total. The molecule has 3 amide bonds. The average Bonchev–Trinajstić information content (AvgIpc) is 2.47. The Balaban J connectivity index is 4.44. The van der Waals surface area contributed by atoms with Crippen LogP contribution in [0.15, 0.2) is 0 Å². The lowest BCUT2D eigenvalue weighted by atomic mass is 10.1. The minimum atomic E-state index is -1.14. The van der Waals surface area contributed by atoms with Crippen molar-refractivity contribution in [1.29, 1.82) is 0 Å². The van der Waals surface area contributed by atoms with E-state index in [1.807, 2.05) is 6.26 Å². The molecule has 0 spiro atoms. The Kier molecular flexibility index (Phi) is 9.99. The number of carboxylic acids is 1. The summed E-state index contributed by atoms with van der Waals surface area (Å²) in [6.45, 7) is 1.42. The third kappa shape index (κ3) is 9.04. The van der Waals surface area contributed by atoms with Gasteiger partial charge in [-0.3, -0.25) is 14.4 Å². The number of rotatable bonds is 11. The summed E-state index contributed by atoms with van der Waals surface area (Å²) < 4.78 is 0. The van der Waals surface area contributed by atoms with Crippen LogP contribution < -0.4 is 22.1 Å². The molecule has 3 unspecified atom stereocenters.